The lowest BCUT2D eigenvalue weighted by atomic mass is 10.0. The summed E-state index contributed by atoms with van der Waals surface area (Å²) in [4.78, 5) is 17.7. The number of H-pyrrole nitrogens is 1. The molecular formula is C10H16N4O. The van der Waals surface area contributed by atoms with Gasteiger partial charge in [-0.3, -0.25) is 9.89 Å². The quantitative estimate of drug-likeness (QED) is 0.750. The molecule has 0 aliphatic carbocycles. The number of aromatic nitrogens is 3. The van der Waals surface area contributed by atoms with E-state index in [4.69, 9.17) is 0 Å². The average Bonchev–Trinajstić information content (AvgIpc) is 2.67. The van der Waals surface area contributed by atoms with E-state index in [9.17, 15) is 4.79 Å². The van der Waals surface area contributed by atoms with Gasteiger partial charge < -0.3 is 4.90 Å². The molecule has 15 heavy (non-hydrogen) atoms. The van der Waals surface area contributed by atoms with E-state index in [1.807, 2.05) is 4.90 Å². The molecule has 0 saturated carbocycles. The zero-order valence-electron chi connectivity index (χ0n) is 8.94. The molecular weight excluding hydrogens is 192 g/mol. The molecule has 0 spiro atoms. The molecule has 1 unspecified atom stereocenters. The smallest absolute Gasteiger partial charge is 0.291 e. The van der Waals surface area contributed by atoms with Crippen molar-refractivity contribution in [3.05, 3.63) is 12.2 Å². The lowest BCUT2D eigenvalue weighted by Gasteiger charge is -2.18. The predicted octanol–water partition coefficient (Wildman–Crippen LogP) is 1.07. The molecule has 1 aliphatic heterocycles. The summed E-state index contributed by atoms with van der Waals surface area (Å²) in [7, 11) is 0. The van der Waals surface area contributed by atoms with Crippen molar-refractivity contribution in [3.8, 4) is 0 Å². The Kier molecular flexibility index (Phi) is 2.99. The Labute approximate surface area is 88.9 Å². The Bertz CT molecular complexity index is 322. The van der Waals surface area contributed by atoms with Gasteiger partial charge in [0.1, 0.15) is 6.33 Å². The zero-order valence-corrected chi connectivity index (χ0v) is 8.94. The first-order valence-electron chi connectivity index (χ1n) is 5.42. The first-order valence-corrected chi connectivity index (χ1v) is 5.42. The standard InChI is InChI=1S/C10H16N4O/c1-8-3-2-5-14(6-4-8)10(15)9-11-7-12-13-9/h7-8H,2-6H2,1H3,(H,11,12,13). The second-order valence-corrected chi connectivity index (χ2v) is 4.16. The number of hydrogen-bond donors (Lipinski definition) is 1. The number of likely N-dealkylation sites (tertiary alicyclic amines) is 1. The first kappa shape index (κ1) is 10.1. The molecule has 0 radical (unpaired) electrons. The van der Waals surface area contributed by atoms with Crippen LogP contribution in [0, 0.1) is 5.92 Å². The summed E-state index contributed by atoms with van der Waals surface area (Å²) in [6.45, 7) is 3.91. The molecule has 5 heteroatoms. The normalized spacial score (nSPS) is 22.5. The number of hydrogen-bond acceptors (Lipinski definition) is 3. The zero-order chi connectivity index (χ0) is 10.7. The molecule has 1 saturated heterocycles. The fourth-order valence-corrected chi connectivity index (χ4v) is 1.92. The van der Waals surface area contributed by atoms with Crippen LogP contribution in [0.2, 0.25) is 0 Å². The van der Waals surface area contributed by atoms with Crippen LogP contribution in [0.5, 0.6) is 0 Å². The minimum absolute atomic E-state index is 0.0263. The SMILES string of the molecule is CC1CCCN(C(=O)c2ncn[nH]2)CC1. The minimum atomic E-state index is -0.0263. The minimum Gasteiger partial charge on any atom is -0.336 e. The van der Waals surface area contributed by atoms with E-state index in [2.05, 4.69) is 22.1 Å². The average molecular weight is 208 g/mol. The number of carbonyl (C=O) groups excluding carboxylic acids is 1. The second-order valence-electron chi connectivity index (χ2n) is 4.16. The van der Waals surface area contributed by atoms with E-state index in [1.165, 1.54) is 12.7 Å². The fraction of sp³-hybridized carbons (Fsp3) is 0.700. The Morgan fingerprint density at radius 3 is 3.13 bits per heavy atom. The van der Waals surface area contributed by atoms with E-state index in [0.29, 0.717) is 5.82 Å². The molecule has 5 nitrogen and oxygen atoms in total. The van der Waals surface area contributed by atoms with Crippen LogP contribution in [-0.2, 0) is 0 Å². The van der Waals surface area contributed by atoms with Crippen LogP contribution >= 0.6 is 0 Å². The monoisotopic (exact) mass is 208 g/mol. The Balaban J connectivity index is 2.01. The molecule has 1 fully saturated rings. The molecule has 1 amide bonds. The van der Waals surface area contributed by atoms with Gasteiger partial charge in [0.15, 0.2) is 0 Å². The molecule has 1 aromatic heterocycles. The van der Waals surface area contributed by atoms with Crippen molar-refractivity contribution in [2.45, 2.75) is 26.2 Å². The molecule has 1 atom stereocenters. The molecule has 1 aromatic rings. The van der Waals surface area contributed by atoms with Crippen LogP contribution in [0.1, 0.15) is 36.8 Å². The lowest BCUT2D eigenvalue weighted by Crippen LogP contribution is -2.32. The maximum Gasteiger partial charge on any atom is 0.291 e. The number of nitrogens with zero attached hydrogens (tertiary/aromatic N) is 3. The summed E-state index contributed by atoms with van der Waals surface area (Å²) in [5, 5.41) is 6.31. The topological polar surface area (TPSA) is 61.9 Å². The predicted molar refractivity (Wildman–Crippen MR) is 55.3 cm³/mol. The van der Waals surface area contributed by atoms with Crippen LogP contribution in [0.4, 0.5) is 0 Å². The van der Waals surface area contributed by atoms with E-state index in [1.54, 1.807) is 0 Å². The largest absolute Gasteiger partial charge is 0.336 e. The summed E-state index contributed by atoms with van der Waals surface area (Å²) >= 11 is 0. The highest BCUT2D eigenvalue weighted by Crippen LogP contribution is 2.17. The number of aromatic amines is 1. The third-order valence-corrected chi connectivity index (χ3v) is 2.92. The Hall–Kier alpha value is -1.39. The van der Waals surface area contributed by atoms with E-state index in [-0.39, 0.29) is 5.91 Å². The van der Waals surface area contributed by atoms with Gasteiger partial charge in [-0.25, -0.2) is 4.98 Å². The molecule has 1 N–H and O–H groups in total. The number of amides is 1. The van der Waals surface area contributed by atoms with Crippen molar-refractivity contribution < 1.29 is 4.79 Å². The van der Waals surface area contributed by atoms with Crippen molar-refractivity contribution in [1.29, 1.82) is 0 Å². The Morgan fingerprint density at radius 2 is 2.40 bits per heavy atom. The van der Waals surface area contributed by atoms with Crippen molar-refractivity contribution in [1.82, 2.24) is 20.1 Å². The van der Waals surface area contributed by atoms with Gasteiger partial charge in [0, 0.05) is 13.1 Å². The lowest BCUT2D eigenvalue weighted by molar-refractivity contribution is 0.0748. The van der Waals surface area contributed by atoms with E-state index < -0.39 is 0 Å². The third kappa shape index (κ3) is 2.34. The van der Waals surface area contributed by atoms with Crippen LogP contribution in [0.25, 0.3) is 0 Å². The summed E-state index contributed by atoms with van der Waals surface area (Å²) < 4.78 is 0. The highest BCUT2D eigenvalue weighted by atomic mass is 16.2. The maximum absolute atomic E-state index is 11.9. The summed E-state index contributed by atoms with van der Waals surface area (Å²) in [5.41, 5.74) is 0. The molecule has 2 rings (SSSR count). The van der Waals surface area contributed by atoms with Crippen molar-refractivity contribution >= 4 is 5.91 Å². The van der Waals surface area contributed by atoms with Crippen molar-refractivity contribution in [2.24, 2.45) is 5.92 Å². The molecule has 0 bridgehead atoms. The highest BCUT2D eigenvalue weighted by molar-refractivity contribution is 5.90. The summed E-state index contributed by atoms with van der Waals surface area (Å²) in [5.74, 6) is 1.05. The first-order chi connectivity index (χ1) is 7.27. The number of rotatable bonds is 1. The Morgan fingerprint density at radius 1 is 1.53 bits per heavy atom. The molecule has 82 valence electrons. The van der Waals surface area contributed by atoms with E-state index >= 15 is 0 Å². The van der Waals surface area contributed by atoms with Gasteiger partial charge in [0.25, 0.3) is 5.91 Å². The van der Waals surface area contributed by atoms with Gasteiger partial charge in [0.2, 0.25) is 5.82 Å². The van der Waals surface area contributed by atoms with Crippen LogP contribution in [-0.4, -0.2) is 39.1 Å². The highest BCUT2D eigenvalue weighted by Gasteiger charge is 2.21. The van der Waals surface area contributed by atoms with Crippen LogP contribution in [0.3, 0.4) is 0 Å². The van der Waals surface area contributed by atoms with Crippen LogP contribution < -0.4 is 0 Å². The maximum atomic E-state index is 11.9. The van der Waals surface area contributed by atoms with Gasteiger partial charge in [0.05, 0.1) is 0 Å². The van der Waals surface area contributed by atoms with Crippen molar-refractivity contribution in [2.75, 3.05) is 13.1 Å². The van der Waals surface area contributed by atoms with E-state index in [0.717, 1.165) is 31.8 Å². The van der Waals surface area contributed by atoms with Crippen molar-refractivity contribution in [3.63, 3.8) is 0 Å². The molecule has 0 aromatic carbocycles. The van der Waals surface area contributed by atoms with Gasteiger partial charge in [-0.15, -0.1) is 0 Å². The molecule has 2 heterocycles. The summed E-state index contributed by atoms with van der Waals surface area (Å²) in [6, 6.07) is 0. The van der Waals surface area contributed by atoms with Crippen LogP contribution in [0.15, 0.2) is 6.33 Å². The van der Waals surface area contributed by atoms with Gasteiger partial charge in [-0.2, -0.15) is 5.10 Å². The third-order valence-electron chi connectivity index (χ3n) is 2.92. The second kappa shape index (κ2) is 4.42. The number of carbonyl (C=O) groups is 1. The summed E-state index contributed by atoms with van der Waals surface area (Å²) in [6.07, 6.45) is 4.74. The molecule has 1 aliphatic rings. The number of nitrogens with one attached hydrogen (secondary N) is 1. The van der Waals surface area contributed by atoms with Gasteiger partial charge in [-0.05, 0) is 25.2 Å². The fourth-order valence-electron chi connectivity index (χ4n) is 1.92. The van der Waals surface area contributed by atoms with Gasteiger partial charge in [-0.1, -0.05) is 6.92 Å². The van der Waals surface area contributed by atoms with Gasteiger partial charge >= 0.3 is 0 Å².